The second kappa shape index (κ2) is 6.75. The lowest BCUT2D eigenvalue weighted by Crippen LogP contribution is -2.24. The second-order valence-electron chi connectivity index (χ2n) is 5.23. The van der Waals surface area contributed by atoms with Crippen molar-refractivity contribution in [3.05, 3.63) is 64.7 Å². The van der Waals surface area contributed by atoms with Gasteiger partial charge in [0.2, 0.25) is 12.7 Å². The molecule has 0 aromatic heterocycles. The van der Waals surface area contributed by atoms with Gasteiger partial charge in [0, 0.05) is 11.1 Å². The molecule has 2 aromatic rings. The van der Waals surface area contributed by atoms with Crippen LogP contribution < -0.4 is 14.8 Å². The summed E-state index contributed by atoms with van der Waals surface area (Å²) in [6.07, 6.45) is 3.24. The van der Waals surface area contributed by atoms with Crippen LogP contribution in [0.15, 0.2) is 48.5 Å². The molecular formula is C18H16ClNO3. The van der Waals surface area contributed by atoms with Gasteiger partial charge in [0.25, 0.3) is 0 Å². The summed E-state index contributed by atoms with van der Waals surface area (Å²) < 4.78 is 10.6. The third-order valence-corrected chi connectivity index (χ3v) is 3.77. The van der Waals surface area contributed by atoms with Crippen LogP contribution >= 0.6 is 11.6 Å². The fourth-order valence-electron chi connectivity index (χ4n) is 2.31. The van der Waals surface area contributed by atoms with E-state index in [0.717, 1.165) is 16.9 Å². The van der Waals surface area contributed by atoms with Gasteiger partial charge in [-0.05, 0) is 48.4 Å². The molecule has 1 aliphatic rings. The Hall–Kier alpha value is -2.46. The zero-order chi connectivity index (χ0) is 16.2. The first-order chi connectivity index (χ1) is 11.1. The maximum atomic E-state index is 12.0. The summed E-state index contributed by atoms with van der Waals surface area (Å²) in [5, 5.41) is 3.56. The van der Waals surface area contributed by atoms with Crippen LogP contribution in [0.3, 0.4) is 0 Å². The summed E-state index contributed by atoms with van der Waals surface area (Å²) in [5.41, 5.74) is 1.84. The van der Waals surface area contributed by atoms with E-state index < -0.39 is 0 Å². The quantitative estimate of drug-likeness (QED) is 0.864. The summed E-state index contributed by atoms with van der Waals surface area (Å²) in [6, 6.07) is 12.9. The number of carbonyl (C=O) groups excluding carboxylic acids is 1. The molecule has 1 atom stereocenters. The van der Waals surface area contributed by atoms with Crippen LogP contribution in [0.25, 0.3) is 6.08 Å². The van der Waals surface area contributed by atoms with Crippen molar-refractivity contribution in [3.8, 4) is 11.5 Å². The molecule has 1 heterocycles. The average Bonchev–Trinajstić information content (AvgIpc) is 3.00. The molecule has 0 aliphatic carbocycles. The Kier molecular flexibility index (Phi) is 4.53. The summed E-state index contributed by atoms with van der Waals surface area (Å²) in [4.78, 5) is 12.0. The van der Waals surface area contributed by atoms with E-state index in [1.165, 1.54) is 6.08 Å². The van der Waals surface area contributed by atoms with Crippen molar-refractivity contribution < 1.29 is 14.3 Å². The van der Waals surface area contributed by atoms with Gasteiger partial charge in [-0.25, -0.2) is 0 Å². The van der Waals surface area contributed by atoms with Gasteiger partial charge >= 0.3 is 0 Å². The molecule has 1 aliphatic heterocycles. The molecular weight excluding hydrogens is 314 g/mol. The van der Waals surface area contributed by atoms with Crippen molar-refractivity contribution in [1.29, 1.82) is 0 Å². The molecule has 5 heteroatoms. The van der Waals surface area contributed by atoms with Crippen LogP contribution in [0.2, 0.25) is 5.02 Å². The highest BCUT2D eigenvalue weighted by Gasteiger charge is 2.12. The van der Waals surface area contributed by atoms with Gasteiger partial charge in [-0.3, -0.25) is 4.79 Å². The molecule has 0 radical (unpaired) electrons. The van der Waals surface area contributed by atoms with Crippen LogP contribution in [0.4, 0.5) is 0 Å². The lowest BCUT2D eigenvalue weighted by molar-refractivity contribution is -0.117. The van der Waals surface area contributed by atoms with Crippen molar-refractivity contribution in [2.45, 2.75) is 13.0 Å². The molecule has 3 rings (SSSR count). The number of ether oxygens (including phenoxy) is 2. The Labute approximate surface area is 139 Å². The standard InChI is InChI=1S/C18H16ClNO3/c1-12(14-3-2-4-15(19)10-14)20-18(21)8-6-13-5-7-16-17(9-13)23-11-22-16/h2-10,12H,11H2,1H3,(H,20,21)/b8-6+. The molecule has 0 saturated carbocycles. The number of hydrogen-bond acceptors (Lipinski definition) is 3. The number of carbonyl (C=O) groups is 1. The second-order valence-corrected chi connectivity index (χ2v) is 5.67. The molecule has 1 amide bonds. The van der Waals surface area contributed by atoms with Crippen LogP contribution in [-0.4, -0.2) is 12.7 Å². The van der Waals surface area contributed by atoms with E-state index >= 15 is 0 Å². The molecule has 1 unspecified atom stereocenters. The number of hydrogen-bond donors (Lipinski definition) is 1. The number of fused-ring (bicyclic) bond motifs is 1. The number of amides is 1. The Morgan fingerprint density at radius 2 is 2.04 bits per heavy atom. The first-order valence-corrected chi connectivity index (χ1v) is 7.63. The number of nitrogens with one attached hydrogen (secondary N) is 1. The van der Waals surface area contributed by atoms with Gasteiger partial charge in [-0.15, -0.1) is 0 Å². The minimum atomic E-state index is -0.171. The first kappa shape index (κ1) is 15.4. The van der Waals surface area contributed by atoms with Gasteiger partial charge in [-0.2, -0.15) is 0 Å². The molecule has 0 bridgehead atoms. The van der Waals surface area contributed by atoms with Crippen molar-refractivity contribution in [2.75, 3.05) is 6.79 Å². The SMILES string of the molecule is CC(NC(=O)/C=C/c1ccc2c(c1)OCO2)c1cccc(Cl)c1. The van der Waals surface area contributed by atoms with Gasteiger partial charge in [0.05, 0.1) is 6.04 Å². The maximum Gasteiger partial charge on any atom is 0.244 e. The highest BCUT2D eigenvalue weighted by Crippen LogP contribution is 2.32. The predicted molar refractivity (Wildman–Crippen MR) is 89.6 cm³/mol. The van der Waals surface area contributed by atoms with Gasteiger partial charge in [-0.1, -0.05) is 29.8 Å². The zero-order valence-corrected chi connectivity index (χ0v) is 13.3. The van der Waals surface area contributed by atoms with Gasteiger partial charge in [0.15, 0.2) is 11.5 Å². The molecule has 0 fully saturated rings. The molecule has 4 nitrogen and oxygen atoms in total. The topological polar surface area (TPSA) is 47.6 Å². The van der Waals surface area contributed by atoms with Crippen LogP contribution in [0.5, 0.6) is 11.5 Å². The normalized spacial score (nSPS) is 14.0. The fraction of sp³-hybridized carbons (Fsp3) is 0.167. The Morgan fingerprint density at radius 3 is 2.87 bits per heavy atom. The highest BCUT2D eigenvalue weighted by molar-refractivity contribution is 6.30. The summed E-state index contributed by atoms with van der Waals surface area (Å²) in [7, 11) is 0. The van der Waals surface area contributed by atoms with E-state index in [2.05, 4.69) is 5.32 Å². The fourth-order valence-corrected chi connectivity index (χ4v) is 2.51. The van der Waals surface area contributed by atoms with Crippen molar-refractivity contribution in [2.24, 2.45) is 0 Å². The monoisotopic (exact) mass is 329 g/mol. The van der Waals surface area contributed by atoms with Crippen LogP contribution in [0.1, 0.15) is 24.1 Å². The van der Waals surface area contributed by atoms with Crippen molar-refractivity contribution in [3.63, 3.8) is 0 Å². The number of rotatable bonds is 4. The Bertz CT molecular complexity index is 758. The summed E-state index contributed by atoms with van der Waals surface area (Å²) >= 11 is 5.96. The van der Waals surface area contributed by atoms with Crippen molar-refractivity contribution in [1.82, 2.24) is 5.32 Å². The van der Waals surface area contributed by atoms with E-state index in [4.69, 9.17) is 21.1 Å². The molecule has 0 saturated heterocycles. The zero-order valence-electron chi connectivity index (χ0n) is 12.6. The minimum Gasteiger partial charge on any atom is -0.454 e. The Morgan fingerprint density at radius 1 is 1.22 bits per heavy atom. The third kappa shape index (κ3) is 3.85. The van der Waals surface area contributed by atoms with Gasteiger partial charge < -0.3 is 14.8 Å². The van der Waals surface area contributed by atoms with E-state index in [1.54, 1.807) is 12.1 Å². The van der Waals surface area contributed by atoms with E-state index in [-0.39, 0.29) is 18.7 Å². The van der Waals surface area contributed by atoms with E-state index in [1.807, 2.05) is 43.3 Å². The average molecular weight is 330 g/mol. The highest BCUT2D eigenvalue weighted by atomic mass is 35.5. The molecule has 23 heavy (non-hydrogen) atoms. The third-order valence-electron chi connectivity index (χ3n) is 3.53. The van der Waals surface area contributed by atoms with Crippen LogP contribution in [-0.2, 0) is 4.79 Å². The smallest absolute Gasteiger partial charge is 0.244 e. The van der Waals surface area contributed by atoms with Crippen molar-refractivity contribution >= 4 is 23.6 Å². The molecule has 2 aromatic carbocycles. The minimum absolute atomic E-state index is 0.123. The lowest BCUT2D eigenvalue weighted by atomic mass is 10.1. The lowest BCUT2D eigenvalue weighted by Gasteiger charge is -2.13. The molecule has 1 N–H and O–H groups in total. The number of benzene rings is 2. The first-order valence-electron chi connectivity index (χ1n) is 7.25. The summed E-state index contributed by atoms with van der Waals surface area (Å²) in [6.45, 7) is 2.15. The Balaban J connectivity index is 1.62. The van der Waals surface area contributed by atoms with Gasteiger partial charge in [0.1, 0.15) is 0 Å². The molecule has 0 spiro atoms. The molecule has 118 valence electrons. The predicted octanol–water partition coefficient (Wildman–Crippen LogP) is 3.96. The number of halogens is 1. The largest absolute Gasteiger partial charge is 0.454 e. The maximum absolute atomic E-state index is 12.0. The van der Waals surface area contributed by atoms with E-state index in [9.17, 15) is 4.79 Å². The van der Waals surface area contributed by atoms with Crippen LogP contribution in [0, 0.1) is 0 Å². The summed E-state index contributed by atoms with van der Waals surface area (Å²) in [5.74, 6) is 1.25. The van der Waals surface area contributed by atoms with E-state index in [0.29, 0.717) is 10.8 Å².